The highest BCUT2D eigenvalue weighted by Crippen LogP contribution is 2.26. The van der Waals surface area contributed by atoms with Gasteiger partial charge in [0.15, 0.2) is 0 Å². The summed E-state index contributed by atoms with van der Waals surface area (Å²) in [4.78, 5) is 11.9. The van der Waals surface area contributed by atoms with E-state index in [9.17, 15) is 4.79 Å². The second-order valence-electron chi connectivity index (χ2n) is 4.92. The SMILES string of the molecule is C[C@H](NCCC(=O)Nc1sccc1C#N)c1ccc(Cl)cc1Cl. The molecule has 0 bridgehead atoms. The summed E-state index contributed by atoms with van der Waals surface area (Å²) in [7, 11) is 0. The lowest BCUT2D eigenvalue weighted by Crippen LogP contribution is -2.24. The summed E-state index contributed by atoms with van der Waals surface area (Å²) < 4.78 is 0. The van der Waals surface area contributed by atoms with Crippen LogP contribution in [0.4, 0.5) is 5.00 Å². The van der Waals surface area contributed by atoms with Gasteiger partial charge in [-0.1, -0.05) is 29.3 Å². The van der Waals surface area contributed by atoms with E-state index >= 15 is 0 Å². The van der Waals surface area contributed by atoms with Crippen LogP contribution in [-0.2, 0) is 4.79 Å². The summed E-state index contributed by atoms with van der Waals surface area (Å²) in [6, 6.07) is 9.08. The van der Waals surface area contributed by atoms with Crippen molar-refractivity contribution < 1.29 is 4.79 Å². The first-order valence-electron chi connectivity index (χ1n) is 6.97. The van der Waals surface area contributed by atoms with Gasteiger partial charge in [0, 0.05) is 29.1 Å². The monoisotopic (exact) mass is 367 g/mol. The predicted molar refractivity (Wildman–Crippen MR) is 95.2 cm³/mol. The molecule has 0 radical (unpaired) electrons. The van der Waals surface area contributed by atoms with Crippen molar-refractivity contribution in [3.05, 3.63) is 50.8 Å². The zero-order chi connectivity index (χ0) is 16.8. The fourth-order valence-electron chi connectivity index (χ4n) is 2.05. The molecule has 7 heteroatoms. The highest BCUT2D eigenvalue weighted by Gasteiger charge is 2.11. The second kappa shape index (κ2) is 8.32. The third-order valence-corrected chi connectivity index (χ3v) is 4.66. The first kappa shape index (κ1) is 17.8. The van der Waals surface area contributed by atoms with Crippen molar-refractivity contribution in [2.75, 3.05) is 11.9 Å². The number of hydrogen-bond donors (Lipinski definition) is 2. The summed E-state index contributed by atoms with van der Waals surface area (Å²) >= 11 is 13.4. The highest BCUT2D eigenvalue weighted by molar-refractivity contribution is 7.14. The van der Waals surface area contributed by atoms with E-state index in [1.54, 1.807) is 23.6 Å². The smallest absolute Gasteiger partial charge is 0.226 e. The molecule has 1 amide bonds. The summed E-state index contributed by atoms with van der Waals surface area (Å²) in [6.45, 7) is 2.47. The molecule has 120 valence electrons. The lowest BCUT2D eigenvalue weighted by atomic mass is 10.1. The molecule has 1 aromatic carbocycles. The summed E-state index contributed by atoms with van der Waals surface area (Å²) in [5.41, 5.74) is 1.42. The van der Waals surface area contributed by atoms with Crippen LogP contribution in [0.3, 0.4) is 0 Å². The molecule has 2 N–H and O–H groups in total. The van der Waals surface area contributed by atoms with Gasteiger partial charge in [-0.15, -0.1) is 11.3 Å². The Balaban J connectivity index is 1.82. The van der Waals surface area contributed by atoms with Crippen LogP contribution in [0.2, 0.25) is 10.0 Å². The van der Waals surface area contributed by atoms with Crippen molar-refractivity contribution in [3.63, 3.8) is 0 Å². The van der Waals surface area contributed by atoms with Gasteiger partial charge in [0.05, 0.1) is 5.56 Å². The van der Waals surface area contributed by atoms with Crippen molar-refractivity contribution in [2.45, 2.75) is 19.4 Å². The van der Waals surface area contributed by atoms with Crippen LogP contribution in [0.25, 0.3) is 0 Å². The van der Waals surface area contributed by atoms with Gasteiger partial charge >= 0.3 is 0 Å². The summed E-state index contributed by atoms with van der Waals surface area (Å²) in [5, 5.41) is 18.5. The van der Waals surface area contributed by atoms with Gasteiger partial charge in [-0.25, -0.2) is 0 Å². The molecule has 0 saturated heterocycles. The highest BCUT2D eigenvalue weighted by atomic mass is 35.5. The van der Waals surface area contributed by atoms with Gasteiger partial charge in [0.25, 0.3) is 0 Å². The topological polar surface area (TPSA) is 64.9 Å². The van der Waals surface area contributed by atoms with Crippen LogP contribution in [0.15, 0.2) is 29.6 Å². The van der Waals surface area contributed by atoms with E-state index in [4.69, 9.17) is 28.5 Å². The first-order valence-corrected chi connectivity index (χ1v) is 8.60. The van der Waals surface area contributed by atoms with Gasteiger partial charge in [0.2, 0.25) is 5.91 Å². The summed E-state index contributed by atoms with van der Waals surface area (Å²) in [5.74, 6) is -0.133. The molecule has 1 heterocycles. The quantitative estimate of drug-likeness (QED) is 0.783. The molecule has 2 aromatic rings. The van der Waals surface area contributed by atoms with Crippen LogP contribution in [0.1, 0.15) is 30.5 Å². The Labute approximate surface area is 149 Å². The molecular weight excluding hydrogens is 353 g/mol. The predicted octanol–water partition coefficient (Wildman–Crippen LogP) is 4.61. The second-order valence-corrected chi connectivity index (χ2v) is 6.67. The number of hydrogen-bond acceptors (Lipinski definition) is 4. The number of benzene rings is 1. The zero-order valence-electron chi connectivity index (χ0n) is 12.4. The minimum atomic E-state index is -0.133. The maximum absolute atomic E-state index is 11.9. The lowest BCUT2D eigenvalue weighted by molar-refractivity contribution is -0.116. The molecule has 23 heavy (non-hydrogen) atoms. The molecular formula is C16H15Cl2N3OS. The molecule has 0 fully saturated rings. The molecule has 0 aliphatic heterocycles. The van der Waals surface area contributed by atoms with E-state index in [1.165, 1.54) is 11.3 Å². The van der Waals surface area contributed by atoms with E-state index in [0.29, 0.717) is 33.6 Å². The number of amides is 1. The van der Waals surface area contributed by atoms with Crippen molar-refractivity contribution in [1.29, 1.82) is 5.26 Å². The minimum Gasteiger partial charge on any atom is -0.317 e. The standard InChI is InChI=1S/C16H15Cl2N3OS/c1-10(13-3-2-12(17)8-14(13)18)20-6-4-15(22)21-16-11(9-19)5-7-23-16/h2-3,5,7-8,10,20H,4,6H2,1H3,(H,21,22)/t10-/m0/s1. The van der Waals surface area contributed by atoms with Crippen molar-refractivity contribution in [3.8, 4) is 6.07 Å². The van der Waals surface area contributed by atoms with Gasteiger partial charge in [-0.05, 0) is 36.1 Å². The molecule has 1 aromatic heterocycles. The normalized spacial score (nSPS) is 11.7. The van der Waals surface area contributed by atoms with Crippen LogP contribution < -0.4 is 10.6 Å². The number of nitriles is 1. The van der Waals surface area contributed by atoms with E-state index in [2.05, 4.69) is 10.6 Å². The molecule has 4 nitrogen and oxygen atoms in total. The molecule has 0 aliphatic rings. The van der Waals surface area contributed by atoms with Gasteiger partial charge < -0.3 is 10.6 Å². The number of carbonyl (C=O) groups is 1. The maximum Gasteiger partial charge on any atom is 0.226 e. The van der Waals surface area contributed by atoms with Gasteiger partial charge in [-0.3, -0.25) is 4.79 Å². The molecule has 0 saturated carbocycles. The Morgan fingerprint density at radius 3 is 2.87 bits per heavy atom. The zero-order valence-corrected chi connectivity index (χ0v) is 14.7. The van der Waals surface area contributed by atoms with Crippen molar-refractivity contribution in [1.82, 2.24) is 5.32 Å². The minimum absolute atomic E-state index is 0.00368. The Kier molecular flexibility index (Phi) is 6.43. The number of halogens is 2. The first-order chi connectivity index (χ1) is 11.0. The van der Waals surface area contributed by atoms with Crippen LogP contribution in [-0.4, -0.2) is 12.5 Å². The fraction of sp³-hybridized carbons (Fsp3) is 0.250. The van der Waals surface area contributed by atoms with Crippen molar-refractivity contribution in [2.24, 2.45) is 0 Å². The Hall–Kier alpha value is -1.58. The Morgan fingerprint density at radius 2 is 2.17 bits per heavy atom. The molecule has 0 unspecified atom stereocenters. The number of thiophene rings is 1. The number of rotatable bonds is 6. The van der Waals surface area contributed by atoms with Gasteiger partial charge in [-0.2, -0.15) is 5.26 Å². The van der Waals surface area contributed by atoms with Crippen LogP contribution >= 0.6 is 34.5 Å². The van der Waals surface area contributed by atoms with E-state index in [1.807, 2.05) is 19.1 Å². The number of anilines is 1. The van der Waals surface area contributed by atoms with E-state index in [0.717, 1.165) is 5.56 Å². The lowest BCUT2D eigenvalue weighted by Gasteiger charge is -2.15. The Morgan fingerprint density at radius 1 is 1.39 bits per heavy atom. The maximum atomic E-state index is 11.9. The average molecular weight is 368 g/mol. The number of nitrogens with one attached hydrogen (secondary N) is 2. The number of nitrogens with zero attached hydrogens (tertiary/aromatic N) is 1. The molecule has 1 atom stereocenters. The summed E-state index contributed by atoms with van der Waals surface area (Å²) in [6.07, 6.45) is 0.304. The molecule has 0 spiro atoms. The molecule has 0 aliphatic carbocycles. The van der Waals surface area contributed by atoms with Crippen molar-refractivity contribution >= 4 is 45.4 Å². The fourth-order valence-corrected chi connectivity index (χ4v) is 3.37. The average Bonchev–Trinajstić information content (AvgIpc) is 2.94. The van der Waals surface area contributed by atoms with Gasteiger partial charge in [0.1, 0.15) is 11.1 Å². The van der Waals surface area contributed by atoms with Crippen LogP contribution in [0, 0.1) is 11.3 Å². The van der Waals surface area contributed by atoms with E-state index < -0.39 is 0 Å². The number of carbonyl (C=O) groups excluding carboxylic acids is 1. The largest absolute Gasteiger partial charge is 0.317 e. The van der Waals surface area contributed by atoms with E-state index in [-0.39, 0.29) is 11.9 Å². The Bertz CT molecular complexity index is 739. The third-order valence-electron chi connectivity index (χ3n) is 3.27. The molecule has 2 rings (SSSR count). The third kappa shape index (κ3) is 4.95. The van der Waals surface area contributed by atoms with Crippen LogP contribution in [0.5, 0.6) is 0 Å².